The molecule has 2 aliphatic carbocycles. The summed E-state index contributed by atoms with van der Waals surface area (Å²) < 4.78 is 0. The van der Waals surface area contributed by atoms with Gasteiger partial charge in [-0.25, -0.2) is 0 Å². The summed E-state index contributed by atoms with van der Waals surface area (Å²) in [5, 5.41) is 6.03. The Morgan fingerprint density at radius 2 is 2.29 bits per heavy atom. The highest BCUT2D eigenvalue weighted by Crippen LogP contribution is 2.48. The monoisotopic (exact) mass is 190 g/mol. The van der Waals surface area contributed by atoms with E-state index in [1.165, 1.54) is 37.3 Å². The first kappa shape index (κ1) is 8.09. The van der Waals surface area contributed by atoms with Gasteiger partial charge in [0.25, 0.3) is 5.91 Å². The van der Waals surface area contributed by atoms with Crippen LogP contribution in [0.1, 0.15) is 25.7 Å². The van der Waals surface area contributed by atoms with Crippen LogP contribution in [0.15, 0.2) is 23.7 Å². The minimum Gasteiger partial charge on any atom is -0.348 e. The average Bonchev–Trinajstić information content (AvgIpc) is 2.78. The van der Waals surface area contributed by atoms with Crippen molar-refractivity contribution in [1.29, 1.82) is 0 Å². The van der Waals surface area contributed by atoms with Gasteiger partial charge in [0, 0.05) is 12.3 Å². The Labute approximate surface area is 83.3 Å². The number of allylic oxidation sites excluding steroid dienone is 1. The molecule has 2 N–H and O–H groups in total. The number of hydrogen-bond acceptors (Lipinski definition) is 2. The van der Waals surface area contributed by atoms with Gasteiger partial charge in [0.15, 0.2) is 0 Å². The molecule has 0 aromatic heterocycles. The molecule has 3 rings (SSSR count). The molecule has 0 saturated heterocycles. The standard InChI is InChI=1S/C11H14N2O/c14-10-3-4-12-11(13-10)9-6-7-1-2-8(9)5-7/h3-4,7-8,12H,1-2,5-6H2,(H,13,14)/b11-9+. The van der Waals surface area contributed by atoms with Crippen molar-refractivity contribution in [3.05, 3.63) is 23.7 Å². The van der Waals surface area contributed by atoms with E-state index in [4.69, 9.17) is 0 Å². The van der Waals surface area contributed by atoms with Gasteiger partial charge in [0.1, 0.15) is 5.82 Å². The molecule has 2 atom stereocenters. The molecule has 1 heterocycles. The lowest BCUT2D eigenvalue weighted by atomic mass is 9.94. The van der Waals surface area contributed by atoms with Crippen LogP contribution < -0.4 is 10.6 Å². The van der Waals surface area contributed by atoms with Gasteiger partial charge >= 0.3 is 0 Å². The van der Waals surface area contributed by atoms with E-state index >= 15 is 0 Å². The summed E-state index contributed by atoms with van der Waals surface area (Å²) in [5.74, 6) is 2.57. The fourth-order valence-corrected chi connectivity index (χ4v) is 2.94. The topological polar surface area (TPSA) is 41.1 Å². The number of fused-ring (bicyclic) bond motifs is 2. The van der Waals surface area contributed by atoms with Crippen LogP contribution in [0.5, 0.6) is 0 Å². The van der Waals surface area contributed by atoms with Gasteiger partial charge in [-0.3, -0.25) is 4.79 Å². The van der Waals surface area contributed by atoms with Crippen molar-refractivity contribution < 1.29 is 4.79 Å². The van der Waals surface area contributed by atoms with E-state index in [9.17, 15) is 4.79 Å². The Kier molecular flexibility index (Phi) is 1.66. The number of rotatable bonds is 0. The largest absolute Gasteiger partial charge is 0.348 e. The highest BCUT2D eigenvalue weighted by Gasteiger charge is 2.37. The molecule has 0 spiro atoms. The van der Waals surface area contributed by atoms with Gasteiger partial charge in [-0.05, 0) is 43.1 Å². The van der Waals surface area contributed by atoms with Crippen molar-refractivity contribution in [3.63, 3.8) is 0 Å². The van der Waals surface area contributed by atoms with Gasteiger partial charge in [0.05, 0.1) is 0 Å². The quantitative estimate of drug-likeness (QED) is 0.603. The van der Waals surface area contributed by atoms with Crippen molar-refractivity contribution >= 4 is 5.91 Å². The molecule has 2 fully saturated rings. The Hall–Kier alpha value is -1.25. The minimum atomic E-state index is -0.00553. The first-order valence-corrected chi connectivity index (χ1v) is 5.30. The molecule has 2 bridgehead atoms. The zero-order valence-corrected chi connectivity index (χ0v) is 8.05. The van der Waals surface area contributed by atoms with Gasteiger partial charge < -0.3 is 10.6 Å². The number of hydrogen-bond donors (Lipinski definition) is 2. The zero-order valence-electron chi connectivity index (χ0n) is 8.05. The smallest absolute Gasteiger partial charge is 0.250 e. The van der Waals surface area contributed by atoms with Crippen molar-refractivity contribution in [3.8, 4) is 0 Å². The molecule has 3 aliphatic rings. The third kappa shape index (κ3) is 1.15. The Balaban J connectivity index is 1.90. The normalized spacial score (nSPS) is 39.9. The van der Waals surface area contributed by atoms with Gasteiger partial charge in [-0.1, -0.05) is 0 Å². The molecule has 2 unspecified atom stereocenters. The molecule has 2 saturated carbocycles. The summed E-state index contributed by atoms with van der Waals surface area (Å²) in [6, 6.07) is 0. The molecular formula is C11H14N2O. The predicted molar refractivity (Wildman–Crippen MR) is 52.9 cm³/mol. The molecule has 74 valence electrons. The number of amides is 1. The average molecular weight is 190 g/mol. The second kappa shape index (κ2) is 2.87. The highest BCUT2D eigenvalue weighted by atomic mass is 16.1. The summed E-state index contributed by atoms with van der Waals surface area (Å²) in [6.07, 6.45) is 8.46. The lowest BCUT2D eigenvalue weighted by Crippen LogP contribution is -2.34. The van der Waals surface area contributed by atoms with Crippen LogP contribution >= 0.6 is 0 Å². The van der Waals surface area contributed by atoms with E-state index in [2.05, 4.69) is 10.6 Å². The lowest BCUT2D eigenvalue weighted by Gasteiger charge is -2.21. The fourth-order valence-electron chi connectivity index (χ4n) is 2.94. The summed E-state index contributed by atoms with van der Waals surface area (Å²) in [5.41, 5.74) is 1.44. The molecule has 0 radical (unpaired) electrons. The molecule has 14 heavy (non-hydrogen) atoms. The van der Waals surface area contributed by atoms with Crippen LogP contribution in [-0.4, -0.2) is 5.91 Å². The summed E-state index contributed by atoms with van der Waals surface area (Å²) in [7, 11) is 0. The molecule has 1 amide bonds. The maximum Gasteiger partial charge on any atom is 0.250 e. The zero-order chi connectivity index (χ0) is 9.54. The van der Waals surface area contributed by atoms with Crippen molar-refractivity contribution in [2.45, 2.75) is 25.7 Å². The number of nitrogens with one attached hydrogen (secondary N) is 2. The first-order chi connectivity index (χ1) is 6.83. The van der Waals surface area contributed by atoms with Gasteiger partial charge in [-0.15, -0.1) is 0 Å². The van der Waals surface area contributed by atoms with E-state index in [0.717, 1.165) is 17.7 Å². The first-order valence-electron chi connectivity index (χ1n) is 5.30. The van der Waals surface area contributed by atoms with Crippen molar-refractivity contribution in [2.24, 2.45) is 11.8 Å². The Morgan fingerprint density at radius 1 is 1.36 bits per heavy atom. The van der Waals surface area contributed by atoms with Gasteiger partial charge in [-0.2, -0.15) is 0 Å². The molecule has 3 nitrogen and oxygen atoms in total. The van der Waals surface area contributed by atoms with Crippen molar-refractivity contribution in [2.75, 3.05) is 0 Å². The molecule has 0 aromatic rings. The number of carbonyl (C=O) groups excluding carboxylic acids is 1. The van der Waals surface area contributed by atoms with Crippen LogP contribution in [0, 0.1) is 11.8 Å². The molecule has 1 aliphatic heterocycles. The molecular weight excluding hydrogens is 176 g/mol. The molecule has 0 aromatic carbocycles. The summed E-state index contributed by atoms with van der Waals surface area (Å²) in [6.45, 7) is 0. The Morgan fingerprint density at radius 3 is 2.93 bits per heavy atom. The summed E-state index contributed by atoms with van der Waals surface area (Å²) in [4.78, 5) is 11.2. The maximum atomic E-state index is 11.2. The van der Waals surface area contributed by atoms with E-state index in [1.807, 2.05) is 0 Å². The number of carbonyl (C=O) groups is 1. The van der Waals surface area contributed by atoms with E-state index < -0.39 is 0 Å². The van der Waals surface area contributed by atoms with Crippen LogP contribution in [-0.2, 0) is 4.79 Å². The predicted octanol–water partition coefficient (Wildman–Crippen LogP) is 1.25. The van der Waals surface area contributed by atoms with E-state index in [0.29, 0.717) is 0 Å². The maximum absolute atomic E-state index is 11.2. The van der Waals surface area contributed by atoms with E-state index in [-0.39, 0.29) is 5.91 Å². The van der Waals surface area contributed by atoms with Crippen LogP contribution in [0.25, 0.3) is 0 Å². The minimum absolute atomic E-state index is 0.00553. The second-order valence-electron chi connectivity index (χ2n) is 4.45. The second-order valence-corrected chi connectivity index (χ2v) is 4.45. The fraction of sp³-hybridized carbons (Fsp3) is 0.545. The third-order valence-electron chi connectivity index (χ3n) is 3.57. The SMILES string of the molecule is O=C1C=CN/C(=C2/CC3CCC2C3)N1. The Bertz CT molecular complexity index is 343. The highest BCUT2D eigenvalue weighted by molar-refractivity contribution is 5.89. The van der Waals surface area contributed by atoms with Gasteiger partial charge in [0.2, 0.25) is 0 Å². The lowest BCUT2D eigenvalue weighted by molar-refractivity contribution is -0.116. The summed E-state index contributed by atoms with van der Waals surface area (Å²) >= 11 is 0. The molecule has 3 heteroatoms. The van der Waals surface area contributed by atoms with Crippen LogP contribution in [0.3, 0.4) is 0 Å². The third-order valence-corrected chi connectivity index (χ3v) is 3.57. The van der Waals surface area contributed by atoms with Crippen LogP contribution in [0.2, 0.25) is 0 Å². The van der Waals surface area contributed by atoms with E-state index in [1.54, 1.807) is 6.20 Å². The van der Waals surface area contributed by atoms with Crippen molar-refractivity contribution in [1.82, 2.24) is 10.6 Å². The van der Waals surface area contributed by atoms with Crippen LogP contribution in [0.4, 0.5) is 0 Å².